The Morgan fingerprint density at radius 1 is 1.09 bits per heavy atom. The van der Waals surface area contributed by atoms with Crippen LogP contribution in [0.5, 0.6) is 5.75 Å². The van der Waals surface area contributed by atoms with Crippen molar-refractivity contribution in [2.75, 3.05) is 39.5 Å². The number of nitrogens with one attached hydrogen (secondary N) is 1. The average molecular weight is 498 g/mol. The summed E-state index contributed by atoms with van der Waals surface area (Å²) in [6.45, 7) is 3.96. The smallest absolute Gasteiger partial charge is 0.271 e. The van der Waals surface area contributed by atoms with Gasteiger partial charge < -0.3 is 9.47 Å². The highest BCUT2D eigenvalue weighted by Gasteiger charge is 2.26. The molecule has 2 aromatic carbocycles. The Balaban J connectivity index is 1.68. The number of aromatic nitrogens is 1. The monoisotopic (exact) mass is 497 g/mol. The van der Waals surface area contributed by atoms with Crippen LogP contribution in [0.1, 0.15) is 5.56 Å². The highest BCUT2D eigenvalue weighted by Crippen LogP contribution is 2.36. The largest absolute Gasteiger partial charge is 0.491 e. The zero-order chi connectivity index (χ0) is 24.7. The lowest BCUT2D eigenvalue weighted by atomic mass is 10.1. The molecule has 0 unspecified atom stereocenters. The maximum Gasteiger partial charge on any atom is 0.271 e. The molecule has 9 nitrogen and oxygen atoms in total. The fourth-order valence-corrected chi connectivity index (χ4v) is 5.34. The third kappa shape index (κ3) is 5.98. The highest BCUT2D eigenvalue weighted by molar-refractivity contribution is 7.90. The van der Waals surface area contributed by atoms with Crippen molar-refractivity contribution in [2.24, 2.45) is 0 Å². The molecule has 1 aromatic heterocycles. The Labute approximate surface area is 204 Å². The Kier molecular flexibility index (Phi) is 7.98. The number of carbonyl (C=O) groups is 1. The van der Waals surface area contributed by atoms with Gasteiger partial charge in [-0.15, -0.1) is 0 Å². The first-order valence-electron chi connectivity index (χ1n) is 11.2. The van der Waals surface area contributed by atoms with Crippen molar-refractivity contribution >= 4 is 22.0 Å². The molecule has 1 saturated heterocycles. The summed E-state index contributed by atoms with van der Waals surface area (Å²) in [6.07, 6.45) is 5.31. The van der Waals surface area contributed by atoms with Gasteiger partial charge in [-0.05, 0) is 29.3 Å². The Bertz CT molecular complexity index is 1280. The number of ether oxygens (including phenoxy) is 2. The van der Waals surface area contributed by atoms with Crippen LogP contribution in [-0.2, 0) is 19.6 Å². The maximum absolute atomic E-state index is 13.8. The zero-order valence-electron chi connectivity index (χ0n) is 19.0. The van der Waals surface area contributed by atoms with E-state index in [9.17, 15) is 13.2 Å². The molecule has 4 rings (SSSR count). The topological polar surface area (TPSA) is 110 Å². The van der Waals surface area contributed by atoms with E-state index in [1.165, 1.54) is 23.9 Å². The van der Waals surface area contributed by atoms with Crippen LogP contribution in [0.15, 0.2) is 78.0 Å². The van der Waals surface area contributed by atoms with Gasteiger partial charge in [0.15, 0.2) is 0 Å². The van der Waals surface area contributed by atoms with Gasteiger partial charge in [-0.3, -0.25) is 14.9 Å². The molecule has 35 heavy (non-hydrogen) atoms. The summed E-state index contributed by atoms with van der Waals surface area (Å²) < 4.78 is 40.2. The van der Waals surface area contributed by atoms with E-state index in [1.807, 2.05) is 30.3 Å². The molecule has 1 fully saturated rings. The lowest BCUT2D eigenvalue weighted by Crippen LogP contribution is -2.38. The molecular formula is C25H27N3O6S. The summed E-state index contributed by atoms with van der Waals surface area (Å²) in [5.74, 6) is -0.448. The third-order valence-corrected chi connectivity index (χ3v) is 7.31. The zero-order valence-corrected chi connectivity index (χ0v) is 19.9. The third-order valence-electron chi connectivity index (χ3n) is 5.60. The standard InChI is InChI=1S/C25H27N3O6S/c29-24(26-30)10-9-20-11-12-28(19-20)35(31,32)25-22(21-5-2-1-3-6-21)7-4-8-23(25)34-18-15-27-13-16-33-17-14-27/h1-12,19,30H,13-18H2,(H,26,29)/b10-9+. The summed E-state index contributed by atoms with van der Waals surface area (Å²) in [4.78, 5) is 13.5. The SMILES string of the molecule is O=C(/C=C/c1ccn(S(=O)(=O)c2c(OCCN3CCOCC3)cccc2-c2ccccc2)c1)NO. The molecule has 10 heteroatoms. The number of hydrogen-bond donors (Lipinski definition) is 2. The molecule has 0 bridgehead atoms. The van der Waals surface area contributed by atoms with Gasteiger partial charge in [0.05, 0.1) is 13.2 Å². The van der Waals surface area contributed by atoms with Crippen LogP contribution in [0.25, 0.3) is 17.2 Å². The molecule has 2 N–H and O–H groups in total. The van der Waals surface area contributed by atoms with E-state index in [1.54, 1.807) is 24.3 Å². The summed E-state index contributed by atoms with van der Waals surface area (Å²) in [5.41, 5.74) is 3.25. The fraction of sp³-hybridized carbons (Fsp3) is 0.240. The Morgan fingerprint density at radius 2 is 1.86 bits per heavy atom. The Hall–Kier alpha value is -3.44. The van der Waals surface area contributed by atoms with E-state index in [-0.39, 0.29) is 10.6 Å². The first-order chi connectivity index (χ1) is 17.0. The van der Waals surface area contributed by atoms with E-state index in [2.05, 4.69) is 4.90 Å². The van der Waals surface area contributed by atoms with Crippen molar-refractivity contribution in [1.82, 2.24) is 14.4 Å². The minimum Gasteiger partial charge on any atom is -0.491 e. The molecule has 1 aliphatic heterocycles. The van der Waals surface area contributed by atoms with Gasteiger partial charge in [0.2, 0.25) is 0 Å². The predicted molar refractivity (Wildman–Crippen MR) is 131 cm³/mol. The van der Waals surface area contributed by atoms with Crippen LogP contribution in [0, 0.1) is 0 Å². The van der Waals surface area contributed by atoms with Gasteiger partial charge in [0, 0.05) is 43.7 Å². The average Bonchev–Trinajstić information content (AvgIpc) is 3.38. The van der Waals surface area contributed by atoms with Gasteiger partial charge >= 0.3 is 0 Å². The molecule has 0 saturated carbocycles. The molecule has 0 radical (unpaired) electrons. The summed E-state index contributed by atoms with van der Waals surface area (Å²) in [5, 5.41) is 8.64. The first-order valence-corrected chi connectivity index (χ1v) is 12.6. The van der Waals surface area contributed by atoms with E-state index >= 15 is 0 Å². The molecule has 0 aliphatic carbocycles. The van der Waals surface area contributed by atoms with Crippen molar-refractivity contribution in [3.05, 3.63) is 78.6 Å². The lowest BCUT2D eigenvalue weighted by molar-refractivity contribution is -0.124. The predicted octanol–water partition coefficient (Wildman–Crippen LogP) is 2.62. The maximum atomic E-state index is 13.8. The number of benzene rings is 2. The van der Waals surface area contributed by atoms with Crippen LogP contribution in [0.3, 0.4) is 0 Å². The molecule has 2 heterocycles. The van der Waals surface area contributed by atoms with Gasteiger partial charge in [0.1, 0.15) is 17.3 Å². The second-order valence-corrected chi connectivity index (χ2v) is 9.67. The summed E-state index contributed by atoms with van der Waals surface area (Å²) in [7, 11) is -4.05. The van der Waals surface area contributed by atoms with Crippen LogP contribution in [-0.4, -0.2) is 67.9 Å². The molecule has 0 atom stereocenters. The van der Waals surface area contributed by atoms with Crippen LogP contribution in [0.2, 0.25) is 0 Å². The molecule has 1 aliphatic rings. The van der Waals surface area contributed by atoms with Crippen molar-refractivity contribution in [2.45, 2.75) is 4.90 Å². The van der Waals surface area contributed by atoms with Crippen molar-refractivity contribution in [1.29, 1.82) is 0 Å². The second-order valence-electron chi connectivity index (χ2n) is 7.89. The summed E-state index contributed by atoms with van der Waals surface area (Å²) in [6, 6.07) is 16.0. The number of rotatable bonds is 9. The highest BCUT2D eigenvalue weighted by atomic mass is 32.2. The van der Waals surface area contributed by atoms with Gasteiger partial charge in [0.25, 0.3) is 15.9 Å². The number of amides is 1. The molecule has 0 spiro atoms. The van der Waals surface area contributed by atoms with Gasteiger partial charge in [-0.2, -0.15) is 0 Å². The first kappa shape index (κ1) is 24.7. The van der Waals surface area contributed by atoms with Crippen LogP contribution >= 0.6 is 0 Å². The number of morpholine rings is 1. The van der Waals surface area contributed by atoms with Crippen molar-refractivity contribution in [3.8, 4) is 16.9 Å². The minimum atomic E-state index is -4.05. The van der Waals surface area contributed by atoms with E-state index in [4.69, 9.17) is 14.7 Å². The fourth-order valence-electron chi connectivity index (χ4n) is 3.81. The molecular weight excluding hydrogens is 470 g/mol. The lowest BCUT2D eigenvalue weighted by Gasteiger charge is -2.26. The van der Waals surface area contributed by atoms with Crippen LogP contribution in [0.4, 0.5) is 0 Å². The van der Waals surface area contributed by atoms with Gasteiger partial charge in [-0.1, -0.05) is 42.5 Å². The van der Waals surface area contributed by atoms with Crippen molar-refractivity contribution in [3.63, 3.8) is 0 Å². The normalized spacial score (nSPS) is 14.8. The number of hydrogen-bond acceptors (Lipinski definition) is 7. The number of carbonyl (C=O) groups excluding carboxylic acids is 1. The summed E-state index contributed by atoms with van der Waals surface area (Å²) >= 11 is 0. The number of nitrogens with zero attached hydrogens (tertiary/aromatic N) is 2. The Morgan fingerprint density at radius 3 is 2.60 bits per heavy atom. The quantitative estimate of drug-likeness (QED) is 0.266. The second kappa shape index (κ2) is 11.3. The molecule has 1 amide bonds. The minimum absolute atomic E-state index is 0.0624. The number of hydroxylamine groups is 1. The van der Waals surface area contributed by atoms with Crippen LogP contribution < -0.4 is 10.2 Å². The van der Waals surface area contributed by atoms with Crippen molar-refractivity contribution < 1.29 is 27.9 Å². The molecule has 3 aromatic rings. The van der Waals surface area contributed by atoms with E-state index in [0.29, 0.717) is 37.5 Å². The molecule has 184 valence electrons. The van der Waals surface area contributed by atoms with Gasteiger partial charge in [-0.25, -0.2) is 17.9 Å². The van der Waals surface area contributed by atoms with E-state index < -0.39 is 15.9 Å². The van der Waals surface area contributed by atoms with E-state index in [0.717, 1.165) is 28.7 Å².